The molecule has 1 amide bonds. The number of nitrogens with zero attached hydrogens (tertiary/aromatic N) is 4. The first-order valence-electron chi connectivity index (χ1n) is 11.3. The van der Waals surface area contributed by atoms with Crippen LogP contribution in [0.4, 0.5) is 16.6 Å². The van der Waals surface area contributed by atoms with Gasteiger partial charge in [-0.15, -0.1) is 11.3 Å². The van der Waals surface area contributed by atoms with Crippen molar-refractivity contribution in [3.8, 4) is 0 Å². The van der Waals surface area contributed by atoms with Crippen LogP contribution < -0.4 is 26.8 Å². The standard InChI is InChI=1S/C22H32N6O3S2/c1-6-9-10-27(16-17(23)28(12-13(4)5)21(31)24-18(16)29)20(30)15-11-14-19(32-15)25-22(33-14)26(7-2)8-3/h11,13H,6-10,12,23H2,1-5H3,(H,24,29,31). The van der Waals surface area contributed by atoms with Crippen LogP contribution >= 0.6 is 22.7 Å². The minimum atomic E-state index is -0.651. The van der Waals surface area contributed by atoms with E-state index in [0.29, 0.717) is 24.4 Å². The molecule has 9 nitrogen and oxygen atoms in total. The van der Waals surface area contributed by atoms with E-state index in [4.69, 9.17) is 10.7 Å². The third kappa shape index (κ3) is 5.14. The molecule has 11 heteroatoms. The Hall–Kier alpha value is -2.66. The Bertz CT molecular complexity index is 1200. The number of H-pyrrole nitrogens is 1. The van der Waals surface area contributed by atoms with Crippen molar-refractivity contribution in [1.82, 2.24) is 14.5 Å². The molecule has 0 saturated heterocycles. The summed E-state index contributed by atoms with van der Waals surface area (Å²) >= 11 is 2.86. The van der Waals surface area contributed by atoms with Crippen molar-refractivity contribution in [3.05, 3.63) is 31.8 Å². The topological polar surface area (TPSA) is 117 Å². The Morgan fingerprint density at radius 1 is 1.21 bits per heavy atom. The maximum absolute atomic E-state index is 13.6. The van der Waals surface area contributed by atoms with Crippen molar-refractivity contribution in [1.29, 1.82) is 0 Å². The molecule has 3 aromatic rings. The van der Waals surface area contributed by atoms with Crippen LogP contribution in [-0.4, -0.2) is 40.1 Å². The maximum Gasteiger partial charge on any atom is 0.330 e. The van der Waals surface area contributed by atoms with Crippen molar-refractivity contribution in [2.75, 3.05) is 35.2 Å². The van der Waals surface area contributed by atoms with E-state index in [2.05, 4.69) is 23.7 Å². The summed E-state index contributed by atoms with van der Waals surface area (Å²) in [5.41, 5.74) is 5.11. The Morgan fingerprint density at radius 2 is 1.91 bits per heavy atom. The lowest BCUT2D eigenvalue weighted by atomic mass is 10.2. The number of nitrogen functional groups attached to an aromatic ring is 1. The van der Waals surface area contributed by atoms with Gasteiger partial charge < -0.3 is 10.6 Å². The van der Waals surface area contributed by atoms with Crippen LogP contribution in [0.3, 0.4) is 0 Å². The smallest absolute Gasteiger partial charge is 0.330 e. The second-order valence-electron chi connectivity index (χ2n) is 8.26. The molecule has 0 spiro atoms. The van der Waals surface area contributed by atoms with E-state index in [1.807, 2.05) is 26.8 Å². The summed E-state index contributed by atoms with van der Waals surface area (Å²) < 4.78 is 2.27. The third-order valence-corrected chi connectivity index (χ3v) is 7.54. The van der Waals surface area contributed by atoms with E-state index >= 15 is 0 Å². The highest BCUT2D eigenvalue weighted by molar-refractivity contribution is 7.29. The van der Waals surface area contributed by atoms with Gasteiger partial charge in [0, 0.05) is 26.2 Å². The monoisotopic (exact) mass is 492 g/mol. The first-order valence-corrected chi connectivity index (χ1v) is 12.9. The number of nitrogens with one attached hydrogen (secondary N) is 1. The molecule has 0 aliphatic heterocycles. The van der Waals surface area contributed by atoms with Gasteiger partial charge in [-0.05, 0) is 32.3 Å². The normalized spacial score (nSPS) is 11.5. The van der Waals surface area contributed by atoms with Crippen molar-refractivity contribution in [3.63, 3.8) is 0 Å². The summed E-state index contributed by atoms with van der Waals surface area (Å²) in [5.74, 6) is -0.157. The zero-order chi connectivity index (χ0) is 24.3. The summed E-state index contributed by atoms with van der Waals surface area (Å²) in [6, 6.07) is 1.83. The van der Waals surface area contributed by atoms with Crippen molar-refractivity contribution in [2.45, 2.75) is 54.0 Å². The number of thiophene rings is 1. The number of aromatic nitrogens is 3. The van der Waals surface area contributed by atoms with Crippen LogP contribution in [0.2, 0.25) is 0 Å². The molecule has 3 N–H and O–H groups in total. The first-order chi connectivity index (χ1) is 15.7. The number of hydrogen-bond donors (Lipinski definition) is 2. The Labute approximate surface area is 200 Å². The molecule has 0 radical (unpaired) electrons. The maximum atomic E-state index is 13.6. The molecule has 0 aliphatic carbocycles. The largest absolute Gasteiger partial charge is 0.383 e. The van der Waals surface area contributed by atoms with Gasteiger partial charge in [0.1, 0.15) is 10.6 Å². The summed E-state index contributed by atoms with van der Waals surface area (Å²) in [6.45, 7) is 12.5. The molecule has 0 atom stereocenters. The fourth-order valence-corrected chi connectivity index (χ4v) is 5.89. The Morgan fingerprint density at radius 3 is 2.48 bits per heavy atom. The number of anilines is 3. The third-order valence-electron chi connectivity index (χ3n) is 5.33. The van der Waals surface area contributed by atoms with E-state index in [-0.39, 0.29) is 23.3 Å². The quantitative estimate of drug-likeness (QED) is 0.445. The molecular weight excluding hydrogens is 460 g/mol. The molecule has 0 fully saturated rings. The molecule has 33 heavy (non-hydrogen) atoms. The van der Waals surface area contributed by atoms with Crippen molar-refractivity contribution in [2.24, 2.45) is 5.92 Å². The van der Waals surface area contributed by atoms with Gasteiger partial charge in [0.25, 0.3) is 11.5 Å². The summed E-state index contributed by atoms with van der Waals surface area (Å²) in [6.07, 6.45) is 1.53. The zero-order valence-corrected chi connectivity index (χ0v) is 21.4. The number of unbranched alkanes of at least 4 members (excludes halogenated alkanes) is 1. The van der Waals surface area contributed by atoms with Crippen LogP contribution in [0.25, 0.3) is 9.53 Å². The predicted octanol–water partition coefficient (Wildman–Crippen LogP) is 3.74. The highest BCUT2D eigenvalue weighted by Crippen LogP contribution is 2.35. The van der Waals surface area contributed by atoms with Gasteiger partial charge in [-0.3, -0.25) is 24.0 Å². The highest BCUT2D eigenvalue weighted by atomic mass is 32.1. The molecule has 0 bridgehead atoms. The van der Waals surface area contributed by atoms with Gasteiger partial charge in [0.05, 0.1) is 9.58 Å². The number of amides is 1. The number of fused-ring (bicyclic) bond motifs is 1. The number of aromatic amines is 1. The van der Waals surface area contributed by atoms with E-state index in [1.54, 1.807) is 11.3 Å². The Balaban J connectivity index is 2.05. The lowest BCUT2D eigenvalue weighted by Gasteiger charge is -2.24. The average molecular weight is 493 g/mol. The molecule has 0 aliphatic rings. The van der Waals surface area contributed by atoms with E-state index in [9.17, 15) is 14.4 Å². The van der Waals surface area contributed by atoms with Crippen LogP contribution in [0, 0.1) is 5.92 Å². The molecule has 3 rings (SSSR count). The van der Waals surface area contributed by atoms with Crippen LogP contribution in [-0.2, 0) is 6.54 Å². The number of rotatable bonds is 10. The zero-order valence-electron chi connectivity index (χ0n) is 19.8. The minimum Gasteiger partial charge on any atom is -0.383 e. The van der Waals surface area contributed by atoms with Gasteiger partial charge >= 0.3 is 5.69 Å². The number of carbonyl (C=O) groups excluding carboxylic acids is 1. The number of hydrogen-bond acceptors (Lipinski definition) is 8. The second kappa shape index (κ2) is 10.5. The first kappa shape index (κ1) is 25.0. The fraction of sp³-hybridized carbons (Fsp3) is 0.545. The molecule has 0 saturated carbocycles. The molecule has 0 unspecified atom stereocenters. The van der Waals surface area contributed by atoms with Gasteiger partial charge in [0.15, 0.2) is 10.8 Å². The van der Waals surface area contributed by atoms with Crippen molar-refractivity contribution < 1.29 is 4.79 Å². The molecule has 0 aromatic carbocycles. The van der Waals surface area contributed by atoms with Gasteiger partial charge in [-0.1, -0.05) is 38.5 Å². The molecule has 3 aromatic heterocycles. The van der Waals surface area contributed by atoms with Crippen molar-refractivity contribution >= 4 is 54.7 Å². The summed E-state index contributed by atoms with van der Waals surface area (Å²) in [4.78, 5) is 50.6. The number of thiazole rings is 1. The molecular formula is C22H32N6O3S2. The minimum absolute atomic E-state index is 0.0159. The van der Waals surface area contributed by atoms with Gasteiger partial charge in [0.2, 0.25) is 0 Å². The van der Waals surface area contributed by atoms with Gasteiger partial charge in [-0.25, -0.2) is 9.78 Å². The van der Waals surface area contributed by atoms with E-state index in [1.165, 1.54) is 20.8 Å². The second-order valence-corrected chi connectivity index (χ2v) is 10.3. The van der Waals surface area contributed by atoms with Crippen LogP contribution in [0.15, 0.2) is 15.7 Å². The predicted molar refractivity (Wildman–Crippen MR) is 138 cm³/mol. The number of carbonyl (C=O) groups is 1. The highest BCUT2D eigenvalue weighted by Gasteiger charge is 2.27. The lowest BCUT2D eigenvalue weighted by molar-refractivity contribution is 0.0990. The van der Waals surface area contributed by atoms with E-state index < -0.39 is 11.2 Å². The lowest BCUT2D eigenvalue weighted by Crippen LogP contribution is -2.41. The summed E-state index contributed by atoms with van der Waals surface area (Å²) in [7, 11) is 0. The average Bonchev–Trinajstić information content (AvgIpc) is 3.33. The fourth-order valence-electron chi connectivity index (χ4n) is 3.61. The molecule has 180 valence electrons. The van der Waals surface area contributed by atoms with Crippen LogP contribution in [0.5, 0.6) is 0 Å². The van der Waals surface area contributed by atoms with E-state index in [0.717, 1.165) is 34.2 Å². The number of nitrogens with two attached hydrogens (primary N) is 1. The summed E-state index contributed by atoms with van der Waals surface area (Å²) in [5, 5.41) is 0.935. The van der Waals surface area contributed by atoms with Gasteiger partial charge in [-0.2, -0.15) is 0 Å². The van der Waals surface area contributed by atoms with Crippen LogP contribution in [0.1, 0.15) is 57.1 Å². The molecule has 3 heterocycles. The Kier molecular flexibility index (Phi) is 7.96. The SMILES string of the molecule is CCCCN(C(=O)c1cc2sc(N(CC)CC)nc2s1)c1c(N)n(CC(C)C)c(=O)[nH]c1=O.